The highest BCUT2D eigenvalue weighted by Crippen LogP contribution is 2.34. The third-order valence-electron chi connectivity index (χ3n) is 11.7. The standard InChI is InChI=1S/C12H17F.C12H26N2.C11H22.C10H20FN.C10H21NO.CH4/c1-9-5-10(7-11(13)6-9)8-12(2,3)4;1-5-6-13-7-9-14(10-8-13)11-12(2,3)4;1-11(2,3)9-10-7-5-4-6-8-10;1-9(2,3)5-6-12-7-10(4,11)8-12;1-10(2,3)4-5-11-6-8-12-9-7-11;/h5-7H,8H2,1-4H3;5-11H2,1-4H3;10H,4-9H2,1-3H3;5-8H2,1-4H3;4-9H2,1-3H3;1H4. The summed E-state index contributed by atoms with van der Waals surface area (Å²) in [4.78, 5) is 9.87. The molecule has 5 nitrogen and oxygen atoms in total. The first-order valence-corrected chi connectivity index (χ1v) is 25.2. The van der Waals surface area contributed by atoms with Crippen LogP contribution in [0.15, 0.2) is 18.2 Å². The molecule has 0 radical (unpaired) electrons. The molecule has 3 saturated heterocycles. The minimum Gasteiger partial charge on any atom is -0.379 e. The first kappa shape index (κ1) is 61.9. The van der Waals surface area contributed by atoms with Gasteiger partial charge in [-0.2, -0.15) is 0 Å². The van der Waals surface area contributed by atoms with E-state index < -0.39 is 5.67 Å². The quantitative estimate of drug-likeness (QED) is 0.246. The Morgan fingerprint density at radius 3 is 1.49 bits per heavy atom. The predicted octanol–water partition coefficient (Wildman–Crippen LogP) is 14.6. The molecule has 0 N–H and O–H groups in total. The number of likely N-dealkylation sites (tertiary alicyclic amines) is 1. The van der Waals surface area contributed by atoms with Gasteiger partial charge in [0.2, 0.25) is 0 Å². The van der Waals surface area contributed by atoms with Gasteiger partial charge in [-0.1, -0.05) is 156 Å². The third kappa shape index (κ3) is 35.7. The van der Waals surface area contributed by atoms with Crippen molar-refractivity contribution in [1.82, 2.24) is 19.6 Å². The van der Waals surface area contributed by atoms with Crippen molar-refractivity contribution in [3.8, 4) is 0 Å². The van der Waals surface area contributed by atoms with Gasteiger partial charge in [-0.15, -0.1) is 0 Å². The van der Waals surface area contributed by atoms with Crippen LogP contribution in [0.5, 0.6) is 0 Å². The smallest absolute Gasteiger partial charge is 0.133 e. The summed E-state index contributed by atoms with van der Waals surface area (Å²) in [6, 6.07) is 5.23. The summed E-state index contributed by atoms with van der Waals surface area (Å²) < 4.78 is 31.3. The van der Waals surface area contributed by atoms with Gasteiger partial charge >= 0.3 is 0 Å². The number of hydrogen-bond donors (Lipinski definition) is 0. The number of halogens is 2. The lowest BCUT2D eigenvalue weighted by Gasteiger charge is -2.43. The number of benzene rings is 1. The van der Waals surface area contributed by atoms with Crippen LogP contribution in [0.3, 0.4) is 0 Å². The Labute approximate surface area is 393 Å². The lowest BCUT2D eigenvalue weighted by Crippen LogP contribution is -2.57. The third-order valence-corrected chi connectivity index (χ3v) is 11.7. The average Bonchev–Trinajstić information content (AvgIpc) is 3.09. The maximum Gasteiger partial charge on any atom is 0.133 e. The van der Waals surface area contributed by atoms with E-state index in [1.165, 1.54) is 97.2 Å². The van der Waals surface area contributed by atoms with Gasteiger partial charge in [-0.3, -0.25) is 9.80 Å². The zero-order valence-electron chi connectivity index (χ0n) is 44.7. The summed E-state index contributed by atoms with van der Waals surface area (Å²) in [6.45, 7) is 55.2. The molecule has 1 aromatic rings. The molecule has 5 rings (SSSR count). The van der Waals surface area contributed by atoms with E-state index in [9.17, 15) is 8.78 Å². The van der Waals surface area contributed by atoms with Crippen molar-refractivity contribution >= 4 is 0 Å². The topological polar surface area (TPSA) is 22.2 Å². The Hall–Kier alpha value is -1.12. The van der Waals surface area contributed by atoms with Crippen molar-refractivity contribution in [2.75, 3.05) is 91.8 Å². The summed E-state index contributed by atoms with van der Waals surface area (Å²) in [5.41, 5.74) is 3.26. The molecule has 0 unspecified atom stereocenters. The van der Waals surface area contributed by atoms with Crippen molar-refractivity contribution < 1.29 is 13.5 Å². The van der Waals surface area contributed by atoms with Crippen LogP contribution in [0.1, 0.15) is 194 Å². The molecular weight excluding hydrogens is 783 g/mol. The minimum absolute atomic E-state index is 0. The zero-order chi connectivity index (χ0) is 47.4. The molecule has 3 heterocycles. The SMILES string of the molecule is C.CC(C)(C)CC1CCCCC1.CC(C)(C)CCN1CC(C)(F)C1.CC(C)(C)CCN1CCOCC1.CCCN1CCN(CC(C)(C)C)CC1.Cc1cc(F)cc(CC(C)(C)C)c1. The molecule has 1 aromatic carbocycles. The van der Waals surface area contributed by atoms with E-state index in [0.29, 0.717) is 34.7 Å². The molecule has 1 saturated carbocycles. The lowest BCUT2D eigenvalue weighted by atomic mass is 9.78. The summed E-state index contributed by atoms with van der Waals surface area (Å²) >= 11 is 0. The fourth-order valence-electron chi connectivity index (χ4n) is 8.80. The number of rotatable bonds is 9. The Morgan fingerprint density at radius 1 is 0.603 bits per heavy atom. The van der Waals surface area contributed by atoms with Gasteiger partial charge in [-0.25, -0.2) is 8.78 Å². The van der Waals surface area contributed by atoms with Gasteiger partial charge in [0.15, 0.2) is 0 Å². The Morgan fingerprint density at radius 2 is 1.08 bits per heavy atom. The summed E-state index contributed by atoms with van der Waals surface area (Å²) in [5.74, 6) is 0.919. The first-order chi connectivity index (χ1) is 28.3. The monoisotopic (exact) mass is 893 g/mol. The fourth-order valence-corrected chi connectivity index (χ4v) is 8.80. The van der Waals surface area contributed by atoms with Gasteiger partial charge in [0.1, 0.15) is 11.5 Å². The van der Waals surface area contributed by atoms with E-state index in [2.05, 4.69) is 130 Å². The van der Waals surface area contributed by atoms with Crippen LogP contribution in [0, 0.1) is 45.7 Å². The minimum atomic E-state index is -0.905. The number of alkyl halides is 1. The Bertz CT molecular complexity index is 1260. The Kier molecular flexibility index (Phi) is 28.4. The van der Waals surface area contributed by atoms with Crippen molar-refractivity contribution in [3.05, 3.63) is 35.1 Å². The molecule has 0 amide bonds. The molecular formula is C56H110F2N4O. The molecule has 0 atom stereocenters. The second-order valence-corrected chi connectivity index (χ2v) is 26.0. The fraction of sp³-hybridized carbons (Fsp3) is 0.893. The predicted molar refractivity (Wildman–Crippen MR) is 276 cm³/mol. The molecule has 1 aliphatic carbocycles. The van der Waals surface area contributed by atoms with Crippen LogP contribution < -0.4 is 0 Å². The summed E-state index contributed by atoms with van der Waals surface area (Å²) in [6.07, 6.45) is 13.5. The second kappa shape index (κ2) is 28.9. The van der Waals surface area contributed by atoms with Crippen LogP contribution in [0.25, 0.3) is 0 Å². The van der Waals surface area contributed by atoms with Crippen LogP contribution in [0.4, 0.5) is 8.78 Å². The number of aryl methyl sites for hydroxylation is 1. The van der Waals surface area contributed by atoms with Gasteiger partial charge in [0.05, 0.1) is 13.2 Å². The van der Waals surface area contributed by atoms with Crippen molar-refractivity contribution in [2.45, 2.75) is 202 Å². The largest absolute Gasteiger partial charge is 0.379 e. The summed E-state index contributed by atoms with van der Waals surface area (Å²) in [5, 5.41) is 0. The molecule has 374 valence electrons. The highest BCUT2D eigenvalue weighted by Gasteiger charge is 2.38. The highest BCUT2D eigenvalue weighted by molar-refractivity contribution is 5.24. The van der Waals surface area contributed by atoms with Crippen molar-refractivity contribution in [3.63, 3.8) is 0 Å². The van der Waals surface area contributed by atoms with Crippen LogP contribution in [-0.4, -0.2) is 117 Å². The van der Waals surface area contributed by atoms with Gasteiger partial charge in [-0.05, 0) is 122 Å². The van der Waals surface area contributed by atoms with E-state index in [1.54, 1.807) is 19.1 Å². The van der Waals surface area contributed by atoms with E-state index in [1.807, 2.05) is 13.0 Å². The maximum atomic E-state index is 13.0. The molecule has 4 aliphatic rings. The summed E-state index contributed by atoms with van der Waals surface area (Å²) in [7, 11) is 0. The number of ether oxygens (including phenoxy) is 1. The normalized spacial score (nSPS) is 19.6. The van der Waals surface area contributed by atoms with Gasteiger partial charge < -0.3 is 14.5 Å². The van der Waals surface area contributed by atoms with Crippen LogP contribution in [-0.2, 0) is 11.2 Å². The second-order valence-electron chi connectivity index (χ2n) is 26.0. The molecule has 3 aliphatic heterocycles. The van der Waals surface area contributed by atoms with Crippen molar-refractivity contribution in [2.24, 2.45) is 33.0 Å². The van der Waals surface area contributed by atoms with Crippen LogP contribution in [0.2, 0.25) is 0 Å². The number of morpholine rings is 1. The van der Waals surface area contributed by atoms with Crippen molar-refractivity contribution in [1.29, 1.82) is 0 Å². The molecule has 0 spiro atoms. The van der Waals surface area contributed by atoms with Crippen LogP contribution >= 0.6 is 0 Å². The molecule has 7 heteroatoms. The molecule has 0 aromatic heterocycles. The van der Waals surface area contributed by atoms with E-state index in [0.717, 1.165) is 62.7 Å². The zero-order valence-corrected chi connectivity index (χ0v) is 44.7. The van der Waals surface area contributed by atoms with Gasteiger partial charge in [0, 0.05) is 58.9 Å². The Balaban J connectivity index is 0.000000761. The number of nitrogens with zero attached hydrogens (tertiary/aromatic N) is 4. The maximum absolute atomic E-state index is 13.0. The highest BCUT2D eigenvalue weighted by atomic mass is 19.1. The lowest BCUT2D eigenvalue weighted by molar-refractivity contribution is -0.0220. The number of piperazine rings is 1. The van der Waals surface area contributed by atoms with E-state index in [4.69, 9.17) is 4.74 Å². The first-order valence-electron chi connectivity index (χ1n) is 25.2. The van der Waals surface area contributed by atoms with E-state index >= 15 is 0 Å². The number of hydrogen-bond acceptors (Lipinski definition) is 5. The molecule has 0 bridgehead atoms. The average molecular weight is 894 g/mol. The molecule has 4 fully saturated rings. The van der Waals surface area contributed by atoms with E-state index in [-0.39, 0.29) is 18.7 Å². The molecule has 63 heavy (non-hydrogen) atoms. The van der Waals surface area contributed by atoms with Gasteiger partial charge in [0.25, 0.3) is 0 Å².